The minimum absolute atomic E-state index is 0.164. The maximum absolute atomic E-state index is 5.64. The fourth-order valence-electron chi connectivity index (χ4n) is 2.43. The first-order chi connectivity index (χ1) is 11.1. The van der Waals surface area contributed by atoms with Crippen molar-refractivity contribution in [3.8, 4) is 0 Å². The van der Waals surface area contributed by atoms with Gasteiger partial charge < -0.3 is 24.7 Å². The summed E-state index contributed by atoms with van der Waals surface area (Å²) < 4.78 is 12.8. The Kier molecular flexibility index (Phi) is 6.79. The molecule has 0 amide bonds. The van der Waals surface area contributed by atoms with Gasteiger partial charge in [-0.1, -0.05) is 0 Å². The number of hydrogen-bond acceptors (Lipinski definition) is 5. The molecule has 23 heavy (non-hydrogen) atoms. The molecule has 2 rings (SSSR count). The molecule has 0 radical (unpaired) electrons. The third-order valence-corrected chi connectivity index (χ3v) is 3.88. The molecule has 0 saturated carbocycles. The monoisotopic (exact) mass is 324 g/mol. The Morgan fingerprint density at radius 3 is 2.96 bits per heavy atom. The van der Waals surface area contributed by atoms with Crippen molar-refractivity contribution in [3.05, 3.63) is 11.6 Å². The number of ether oxygens (including phenoxy) is 2. The normalized spacial score (nSPS) is 19.8. The van der Waals surface area contributed by atoms with Crippen molar-refractivity contribution in [1.29, 1.82) is 0 Å². The molecule has 0 aromatic carbocycles. The summed E-state index contributed by atoms with van der Waals surface area (Å²) in [4.78, 5) is 4.61. The van der Waals surface area contributed by atoms with Crippen LogP contribution in [0, 0.1) is 6.92 Å². The molecule has 1 fully saturated rings. The van der Waals surface area contributed by atoms with Crippen LogP contribution in [0.3, 0.4) is 0 Å². The van der Waals surface area contributed by atoms with E-state index in [1.807, 2.05) is 18.5 Å². The Morgan fingerprint density at radius 1 is 1.52 bits per heavy atom. The van der Waals surface area contributed by atoms with Crippen molar-refractivity contribution in [3.63, 3.8) is 0 Å². The molecule has 1 aromatic rings. The van der Waals surface area contributed by atoms with Gasteiger partial charge in [-0.15, -0.1) is 10.2 Å². The van der Waals surface area contributed by atoms with Crippen LogP contribution in [0.15, 0.2) is 4.99 Å². The number of nitrogens with one attached hydrogen (secondary N) is 2. The highest BCUT2D eigenvalue weighted by Gasteiger charge is 2.16. The fraction of sp³-hybridized carbons (Fsp3) is 0.800. The quantitative estimate of drug-likeness (QED) is 0.557. The van der Waals surface area contributed by atoms with Gasteiger partial charge in [0.15, 0.2) is 11.8 Å². The van der Waals surface area contributed by atoms with Crippen molar-refractivity contribution in [2.45, 2.75) is 45.4 Å². The number of nitrogens with zero attached hydrogens (tertiary/aromatic N) is 4. The average molecular weight is 324 g/mol. The van der Waals surface area contributed by atoms with Gasteiger partial charge in [-0.05, 0) is 26.7 Å². The predicted octanol–water partition coefficient (Wildman–Crippen LogP) is 0.373. The molecule has 8 heteroatoms. The summed E-state index contributed by atoms with van der Waals surface area (Å²) in [5, 5.41) is 14.9. The lowest BCUT2D eigenvalue weighted by Crippen LogP contribution is -2.46. The second-order valence-corrected chi connectivity index (χ2v) is 5.90. The summed E-state index contributed by atoms with van der Waals surface area (Å²) in [5.74, 6) is 2.45. The molecule has 1 aliphatic rings. The zero-order valence-corrected chi connectivity index (χ0v) is 14.5. The van der Waals surface area contributed by atoms with Gasteiger partial charge in [-0.3, -0.25) is 0 Å². The Bertz CT molecular complexity index is 510. The van der Waals surface area contributed by atoms with Crippen LogP contribution in [0.25, 0.3) is 0 Å². The zero-order chi connectivity index (χ0) is 16.7. The van der Waals surface area contributed by atoms with Crippen molar-refractivity contribution in [2.75, 3.05) is 26.9 Å². The first-order valence-corrected chi connectivity index (χ1v) is 8.10. The van der Waals surface area contributed by atoms with Crippen LogP contribution in [0.2, 0.25) is 0 Å². The van der Waals surface area contributed by atoms with Crippen LogP contribution >= 0.6 is 0 Å². The van der Waals surface area contributed by atoms with Gasteiger partial charge in [0.1, 0.15) is 12.4 Å². The molecule has 2 unspecified atom stereocenters. The van der Waals surface area contributed by atoms with Crippen molar-refractivity contribution >= 4 is 5.96 Å². The minimum Gasteiger partial charge on any atom is -0.383 e. The largest absolute Gasteiger partial charge is 0.383 e. The molecular formula is C15H28N6O2. The first-order valence-electron chi connectivity index (χ1n) is 8.10. The second-order valence-electron chi connectivity index (χ2n) is 5.90. The standard InChI is InChI=1S/C15H28N6O2/c1-11(10-22-4)18-15(16-8-13-6-5-7-23-13)17-9-14-20-19-12(2)21(14)3/h11,13H,5-10H2,1-4H3,(H2,16,17,18). The first kappa shape index (κ1) is 17.7. The maximum atomic E-state index is 5.64. The highest BCUT2D eigenvalue weighted by atomic mass is 16.5. The molecule has 8 nitrogen and oxygen atoms in total. The van der Waals surface area contributed by atoms with Crippen LogP contribution in [0.1, 0.15) is 31.4 Å². The topological polar surface area (TPSA) is 85.6 Å². The van der Waals surface area contributed by atoms with Crippen LogP contribution in [0.4, 0.5) is 0 Å². The van der Waals surface area contributed by atoms with Gasteiger partial charge >= 0.3 is 0 Å². The van der Waals surface area contributed by atoms with Gasteiger partial charge in [0, 0.05) is 33.4 Å². The number of methoxy groups -OCH3 is 1. The van der Waals surface area contributed by atoms with Gasteiger partial charge in [0.25, 0.3) is 0 Å². The molecule has 2 N–H and O–H groups in total. The number of aliphatic imine (C=N–C) groups is 1. The second kappa shape index (κ2) is 8.83. The number of aromatic nitrogens is 3. The summed E-state index contributed by atoms with van der Waals surface area (Å²) in [7, 11) is 3.64. The Balaban J connectivity index is 1.95. The van der Waals surface area contributed by atoms with Crippen molar-refractivity contribution in [2.24, 2.45) is 12.0 Å². The van der Waals surface area contributed by atoms with E-state index in [-0.39, 0.29) is 12.1 Å². The SMILES string of the molecule is COCC(C)NC(=NCc1nnc(C)n1C)NCC1CCCO1. The van der Waals surface area contributed by atoms with E-state index in [4.69, 9.17) is 9.47 Å². The molecule has 1 aliphatic heterocycles. The van der Waals surface area contributed by atoms with E-state index in [1.54, 1.807) is 7.11 Å². The fourth-order valence-corrected chi connectivity index (χ4v) is 2.43. The highest BCUT2D eigenvalue weighted by Crippen LogP contribution is 2.10. The molecule has 130 valence electrons. The lowest BCUT2D eigenvalue weighted by Gasteiger charge is -2.19. The molecular weight excluding hydrogens is 296 g/mol. The summed E-state index contributed by atoms with van der Waals surface area (Å²) >= 11 is 0. The van der Waals surface area contributed by atoms with Crippen molar-refractivity contribution in [1.82, 2.24) is 25.4 Å². The zero-order valence-electron chi connectivity index (χ0n) is 14.5. The molecule has 0 aliphatic carbocycles. The van der Waals surface area contributed by atoms with Crippen LogP contribution < -0.4 is 10.6 Å². The third-order valence-electron chi connectivity index (χ3n) is 3.88. The molecule has 2 atom stereocenters. The van der Waals surface area contributed by atoms with E-state index in [2.05, 4.69) is 32.7 Å². The van der Waals surface area contributed by atoms with Gasteiger partial charge in [0.2, 0.25) is 0 Å². The summed E-state index contributed by atoms with van der Waals surface area (Å²) in [5.41, 5.74) is 0. The lowest BCUT2D eigenvalue weighted by atomic mass is 10.2. The van der Waals surface area contributed by atoms with E-state index in [9.17, 15) is 0 Å². The van der Waals surface area contributed by atoms with Crippen LogP contribution in [0.5, 0.6) is 0 Å². The number of hydrogen-bond donors (Lipinski definition) is 2. The summed E-state index contributed by atoms with van der Waals surface area (Å²) in [6.45, 7) is 6.67. The smallest absolute Gasteiger partial charge is 0.192 e. The minimum atomic E-state index is 0.164. The molecule has 0 bridgehead atoms. The Hall–Kier alpha value is -1.67. The van der Waals surface area contributed by atoms with Crippen molar-refractivity contribution < 1.29 is 9.47 Å². The Morgan fingerprint density at radius 2 is 2.35 bits per heavy atom. The molecule has 0 spiro atoms. The number of aryl methyl sites for hydroxylation is 1. The summed E-state index contributed by atoms with van der Waals surface area (Å²) in [6, 6.07) is 0.164. The molecule has 1 saturated heterocycles. The van der Waals surface area contributed by atoms with Gasteiger partial charge in [-0.2, -0.15) is 0 Å². The molecule has 1 aromatic heterocycles. The maximum Gasteiger partial charge on any atom is 0.192 e. The van der Waals surface area contributed by atoms with E-state index < -0.39 is 0 Å². The summed E-state index contributed by atoms with van der Waals surface area (Å²) in [6.07, 6.45) is 2.48. The van der Waals surface area contributed by atoms with E-state index in [1.165, 1.54) is 0 Å². The van der Waals surface area contributed by atoms with Gasteiger partial charge in [0.05, 0.1) is 12.7 Å². The number of guanidine groups is 1. The van der Waals surface area contributed by atoms with Crippen LogP contribution in [-0.2, 0) is 23.1 Å². The van der Waals surface area contributed by atoms with E-state index in [0.29, 0.717) is 13.2 Å². The lowest BCUT2D eigenvalue weighted by molar-refractivity contribution is 0.113. The number of rotatable bonds is 7. The van der Waals surface area contributed by atoms with Crippen LogP contribution in [-0.4, -0.2) is 59.7 Å². The Labute approximate surface area is 137 Å². The van der Waals surface area contributed by atoms with E-state index in [0.717, 1.165) is 43.6 Å². The van der Waals surface area contributed by atoms with E-state index >= 15 is 0 Å². The average Bonchev–Trinajstić information content (AvgIpc) is 3.14. The highest BCUT2D eigenvalue weighted by molar-refractivity contribution is 5.80. The van der Waals surface area contributed by atoms with Gasteiger partial charge in [-0.25, -0.2) is 4.99 Å². The predicted molar refractivity (Wildman–Crippen MR) is 88.3 cm³/mol. The molecule has 2 heterocycles. The third kappa shape index (κ3) is 5.47.